The fourth-order valence-electron chi connectivity index (χ4n) is 7.30. The summed E-state index contributed by atoms with van der Waals surface area (Å²) in [5.41, 5.74) is 5.45. The van der Waals surface area contributed by atoms with Crippen LogP contribution in [0.1, 0.15) is 42.4 Å². The third-order valence-electron chi connectivity index (χ3n) is 9.95. The summed E-state index contributed by atoms with van der Waals surface area (Å²) in [4.78, 5) is 48.0. The average Bonchev–Trinajstić information content (AvgIpc) is 3.74. The molecule has 2 aromatic carbocycles. The van der Waals surface area contributed by atoms with Gasteiger partial charge in [0.15, 0.2) is 0 Å². The first-order chi connectivity index (χ1) is 25.1. The van der Waals surface area contributed by atoms with Gasteiger partial charge >= 0.3 is 6.09 Å². The number of pyridine rings is 2. The number of carboxylic acid groups (broad SMARTS) is 1. The highest BCUT2D eigenvalue weighted by Gasteiger charge is 2.29. The van der Waals surface area contributed by atoms with E-state index >= 15 is 4.39 Å². The van der Waals surface area contributed by atoms with E-state index in [1.807, 2.05) is 24.3 Å². The van der Waals surface area contributed by atoms with E-state index in [0.29, 0.717) is 93.6 Å². The van der Waals surface area contributed by atoms with Gasteiger partial charge in [-0.05, 0) is 55.2 Å². The second-order valence-electron chi connectivity index (χ2n) is 13.4. The van der Waals surface area contributed by atoms with Crippen LogP contribution in [-0.4, -0.2) is 81.6 Å². The van der Waals surface area contributed by atoms with Crippen molar-refractivity contribution in [3.8, 4) is 39.5 Å². The van der Waals surface area contributed by atoms with Crippen LogP contribution in [0.2, 0.25) is 10.0 Å². The Hall–Kier alpha value is -4.78. The maximum atomic E-state index is 15.7. The summed E-state index contributed by atoms with van der Waals surface area (Å²) in [7, 11) is 1.46. The number of halogens is 3. The van der Waals surface area contributed by atoms with E-state index in [4.69, 9.17) is 27.9 Å². The number of nitrogens with one attached hydrogen (secondary N) is 2. The van der Waals surface area contributed by atoms with Crippen molar-refractivity contribution in [1.29, 1.82) is 0 Å². The van der Waals surface area contributed by atoms with E-state index in [9.17, 15) is 19.5 Å². The Bertz CT molecular complexity index is 2060. The number of carbonyl (C=O) groups is 3. The van der Waals surface area contributed by atoms with Crippen LogP contribution >= 0.6 is 23.2 Å². The van der Waals surface area contributed by atoms with Crippen LogP contribution in [-0.2, 0) is 29.1 Å². The van der Waals surface area contributed by atoms with Gasteiger partial charge in [0, 0.05) is 90.7 Å². The molecule has 3 amide bonds. The molecule has 0 radical (unpaired) electrons. The number of fused-ring (bicyclic) bond motifs is 1. The molecule has 0 spiro atoms. The predicted octanol–water partition coefficient (Wildman–Crippen LogP) is 6.33. The van der Waals surface area contributed by atoms with Gasteiger partial charge in [-0.1, -0.05) is 41.4 Å². The minimum Gasteiger partial charge on any atom is -0.481 e. The highest BCUT2D eigenvalue weighted by Crippen LogP contribution is 2.42. The van der Waals surface area contributed by atoms with Crippen molar-refractivity contribution >= 4 is 41.1 Å². The Morgan fingerprint density at radius 1 is 1.00 bits per heavy atom. The summed E-state index contributed by atoms with van der Waals surface area (Å²) >= 11 is 14.1. The van der Waals surface area contributed by atoms with Crippen molar-refractivity contribution in [3.63, 3.8) is 0 Å². The summed E-state index contributed by atoms with van der Waals surface area (Å²) in [6, 6.07) is 14.0. The van der Waals surface area contributed by atoms with Crippen LogP contribution in [0, 0.1) is 5.82 Å². The monoisotopic (exact) mass is 746 g/mol. The SMILES string of the molecule is COc1nc(-c2cccc(-c3ccnc(-c4cc(F)c5c(c4)CCN(CC4CCC(=O)N4)C5)c3Cl)c2Cl)ccc1CN(CC1CCC(=O)N1)C(=O)O. The predicted molar refractivity (Wildman–Crippen MR) is 195 cm³/mol. The number of benzene rings is 2. The lowest BCUT2D eigenvalue weighted by molar-refractivity contribution is -0.120. The largest absolute Gasteiger partial charge is 0.481 e. The molecule has 5 heterocycles. The van der Waals surface area contributed by atoms with E-state index in [-0.39, 0.29) is 48.7 Å². The fraction of sp³-hybridized carbons (Fsp3) is 0.342. The fourth-order valence-corrected chi connectivity index (χ4v) is 7.94. The van der Waals surface area contributed by atoms with Gasteiger partial charge < -0.3 is 25.4 Å². The zero-order valence-electron chi connectivity index (χ0n) is 28.4. The minimum atomic E-state index is -1.12. The van der Waals surface area contributed by atoms with Gasteiger partial charge in [-0.15, -0.1) is 0 Å². The summed E-state index contributed by atoms with van der Waals surface area (Å²) < 4.78 is 21.3. The number of rotatable bonds is 10. The van der Waals surface area contributed by atoms with E-state index < -0.39 is 6.09 Å². The van der Waals surface area contributed by atoms with Gasteiger partial charge in [-0.25, -0.2) is 14.2 Å². The van der Waals surface area contributed by atoms with Gasteiger partial charge in [0.1, 0.15) is 5.82 Å². The Morgan fingerprint density at radius 2 is 1.73 bits per heavy atom. The second kappa shape index (κ2) is 15.1. The molecule has 0 bridgehead atoms. The van der Waals surface area contributed by atoms with Crippen LogP contribution < -0.4 is 15.4 Å². The smallest absolute Gasteiger partial charge is 0.407 e. The summed E-state index contributed by atoms with van der Waals surface area (Å²) in [5.74, 6) is -0.0979. The topological polar surface area (TPSA) is 137 Å². The number of aromatic nitrogens is 2. The molecule has 7 rings (SSSR count). The lowest BCUT2D eigenvalue weighted by Gasteiger charge is -2.31. The lowest BCUT2D eigenvalue weighted by Crippen LogP contribution is -2.41. The molecular weight excluding hydrogens is 710 g/mol. The molecule has 2 atom stereocenters. The van der Waals surface area contributed by atoms with Crippen molar-refractivity contribution in [2.45, 2.75) is 57.3 Å². The standard InChI is InChI=1S/C38H37Cl2FN6O5/c1-52-37-22(17-47(38(50)51)19-25-7-10-33(49)44-25)5-8-31(45-37)28-4-2-3-26(34(28)39)27-11-13-42-36(35(27)40)23-15-21-12-14-46(20-29(21)30(41)16-23)18-24-6-9-32(48)43-24/h2-5,8,11,13,15-16,24-25H,6-7,9-10,12,14,17-20H2,1H3,(H,43,48)(H,44,49)(H,50,51). The van der Waals surface area contributed by atoms with Crippen LogP contribution in [0.3, 0.4) is 0 Å². The molecule has 0 aliphatic carbocycles. The quantitative estimate of drug-likeness (QED) is 0.171. The van der Waals surface area contributed by atoms with Crippen LogP contribution in [0.5, 0.6) is 5.88 Å². The maximum Gasteiger partial charge on any atom is 0.407 e. The number of hydrogen-bond donors (Lipinski definition) is 3. The highest BCUT2D eigenvalue weighted by molar-refractivity contribution is 6.39. The zero-order chi connectivity index (χ0) is 36.5. The summed E-state index contributed by atoms with van der Waals surface area (Å²) in [6.07, 6.45) is 3.44. The third-order valence-corrected chi connectivity index (χ3v) is 10.7. The molecule has 11 nitrogen and oxygen atoms in total. The summed E-state index contributed by atoms with van der Waals surface area (Å²) in [5, 5.41) is 16.4. The summed E-state index contributed by atoms with van der Waals surface area (Å²) in [6.45, 7) is 2.08. The second-order valence-corrected chi connectivity index (χ2v) is 14.2. The first kappa shape index (κ1) is 35.6. The molecule has 2 fully saturated rings. The van der Waals surface area contributed by atoms with Crippen LogP contribution in [0.15, 0.2) is 54.7 Å². The van der Waals surface area contributed by atoms with Crippen molar-refractivity contribution in [3.05, 3.63) is 87.3 Å². The molecule has 2 unspecified atom stereocenters. The molecule has 52 heavy (non-hydrogen) atoms. The number of carbonyl (C=O) groups excluding carboxylic acids is 2. The minimum absolute atomic E-state index is 0.0168. The molecule has 0 saturated carbocycles. The normalized spacial score (nSPS) is 18.5. The van der Waals surface area contributed by atoms with Crippen LogP contribution in [0.4, 0.5) is 9.18 Å². The van der Waals surface area contributed by atoms with Gasteiger partial charge in [-0.2, -0.15) is 0 Å². The van der Waals surface area contributed by atoms with Gasteiger partial charge in [-0.3, -0.25) is 19.5 Å². The Kier molecular flexibility index (Phi) is 10.3. The molecule has 4 aromatic rings. The van der Waals surface area contributed by atoms with Crippen LogP contribution in [0.25, 0.3) is 33.6 Å². The molecular formula is C38H37Cl2FN6O5. The zero-order valence-corrected chi connectivity index (χ0v) is 29.9. The number of methoxy groups -OCH3 is 1. The Morgan fingerprint density at radius 3 is 2.44 bits per heavy atom. The molecule has 270 valence electrons. The van der Waals surface area contributed by atoms with Gasteiger partial charge in [0.05, 0.1) is 35.1 Å². The molecule has 3 aliphatic rings. The van der Waals surface area contributed by atoms with E-state index in [2.05, 4.69) is 25.5 Å². The number of hydrogen-bond acceptors (Lipinski definition) is 7. The molecule has 2 saturated heterocycles. The first-order valence-corrected chi connectivity index (χ1v) is 17.9. The van der Waals surface area contributed by atoms with Crippen molar-refractivity contribution in [2.75, 3.05) is 26.7 Å². The highest BCUT2D eigenvalue weighted by atomic mass is 35.5. The van der Waals surface area contributed by atoms with Gasteiger partial charge in [0.2, 0.25) is 17.7 Å². The van der Waals surface area contributed by atoms with E-state index in [1.54, 1.807) is 24.4 Å². The lowest BCUT2D eigenvalue weighted by atomic mass is 9.94. The molecule has 3 aliphatic heterocycles. The van der Waals surface area contributed by atoms with E-state index in [1.165, 1.54) is 18.1 Å². The number of amides is 3. The van der Waals surface area contributed by atoms with Crippen molar-refractivity contribution in [1.82, 2.24) is 30.4 Å². The molecule has 3 N–H and O–H groups in total. The number of ether oxygens (including phenoxy) is 1. The third kappa shape index (κ3) is 7.41. The first-order valence-electron chi connectivity index (χ1n) is 17.2. The van der Waals surface area contributed by atoms with Crippen molar-refractivity contribution in [2.24, 2.45) is 0 Å². The van der Waals surface area contributed by atoms with Crippen molar-refractivity contribution < 1.29 is 28.6 Å². The van der Waals surface area contributed by atoms with E-state index in [0.717, 1.165) is 18.5 Å². The Labute approximate surface area is 310 Å². The number of nitrogens with zero attached hydrogens (tertiary/aromatic N) is 4. The van der Waals surface area contributed by atoms with Gasteiger partial charge in [0.25, 0.3) is 0 Å². The Balaban J connectivity index is 1.13. The average molecular weight is 748 g/mol. The molecule has 2 aromatic heterocycles. The molecule has 14 heteroatoms. The maximum absolute atomic E-state index is 15.7.